The van der Waals surface area contributed by atoms with Crippen molar-refractivity contribution >= 4 is 5.97 Å². The molecule has 1 rings (SSSR count). The molecule has 1 aromatic rings. The number of aromatic nitrogens is 1. The molecule has 0 saturated heterocycles. The first-order valence-electron chi connectivity index (χ1n) is 6.15. The van der Waals surface area contributed by atoms with Gasteiger partial charge in [0.2, 0.25) is 0 Å². The Morgan fingerprint density at radius 1 is 1.35 bits per heavy atom. The Morgan fingerprint density at radius 2 is 1.95 bits per heavy atom. The topological polar surface area (TPSA) is 39.2 Å². The molecule has 0 aliphatic heterocycles. The van der Waals surface area contributed by atoms with Crippen LogP contribution in [0.3, 0.4) is 0 Å². The summed E-state index contributed by atoms with van der Waals surface area (Å²) < 4.78 is 42.7. The molecule has 0 unspecified atom stereocenters. The fourth-order valence-corrected chi connectivity index (χ4v) is 1.91. The number of hydrogen-bond donors (Lipinski definition) is 0. The second-order valence-electron chi connectivity index (χ2n) is 5.81. The zero-order valence-electron chi connectivity index (χ0n) is 11.9. The van der Waals surface area contributed by atoms with Crippen LogP contribution in [-0.2, 0) is 15.7 Å². The van der Waals surface area contributed by atoms with Crippen molar-refractivity contribution in [3.05, 3.63) is 29.6 Å². The van der Waals surface area contributed by atoms with Crippen LogP contribution < -0.4 is 0 Å². The highest BCUT2D eigenvalue weighted by Crippen LogP contribution is 2.34. The van der Waals surface area contributed by atoms with Crippen LogP contribution in [0.5, 0.6) is 0 Å². The van der Waals surface area contributed by atoms with Gasteiger partial charge < -0.3 is 4.74 Å². The summed E-state index contributed by atoms with van der Waals surface area (Å²) in [6, 6.07) is 2.33. The maximum absolute atomic E-state index is 12.7. The molecule has 0 saturated carbocycles. The number of carbonyl (C=O) groups excluding carboxylic acids is 1. The van der Waals surface area contributed by atoms with E-state index in [4.69, 9.17) is 4.74 Å². The van der Waals surface area contributed by atoms with Crippen molar-refractivity contribution in [1.29, 1.82) is 0 Å². The minimum absolute atomic E-state index is 0.222. The molecule has 0 aromatic carbocycles. The molecule has 0 radical (unpaired) electrons. The molecule has 0 aliphatic carbocycles. The average Bonchev–Trinajstić information content (AvgIpc) is 2.33. The van der Waals surface area contributed by atoms with Crippen molar-refractivity contribution < 1.29 is 22.7 Å². The molecule has 0 amide bonds. The van der Waals surface area contributed by atoms with Crippen LogP contribution >= 0.6 is 0 Å². The summed E-state index contributed by atoms with van der Waals surface area (Å²) in [7, 11) is 1.23. The maximum atomic E-state index is 12.7. The van der Waals surface area contributed by atoms with Gasteiger partial charge in [0.25, 0.3) is 0 Å². The number of pyridine rings is 1. The van der Waals surface area contributed by atoms with E-state index in [1.54, 1.807) is 0 Å². The molecule has 20 heavy (non-hydrogen) atoms. The zero-order chi connectivity index (χ0) is 15.6. The van der Waals surface area contributed by atoms with E-state index in [0.29, 0.717) is 6.42 Å². The Balaban J connectivity index is 3.18. The molecule has 0 bridgehead atoms. The summed E-state index contributed by atoms with van der Waals surface area (Å²) in [5.74, 6) is -1.27. The molecule has 112 valence electrons. The van der Waals surface area contributed by atoms with E-state index in [1.165, 1.54) is 13.2 Å². The van der Waals surface area contributed by atoms with Crippen LogP contribution in [0.25, 0.3) is 0 Å². The van der Waals surface area contributed by atoms with E-state index < -0.39 is 23.8 Å². The molecule has 1 heterocycles. The largest absolute Gasteiger partial charge is 0.469 e. The SMILES string of the molecule is COC(=O)[C@H](CC(C)(C)C)c1ccnc(C(F)(F)F)c1. The predicted octanol–water partition coefficient (Wildman–Crippen LogP) is 3.79. The molecule has 1 atom stereocenters. The minimum atomic E-state index is -4.53. The molecular formula is C14H18F3NO2. The quantitative estimate of drug-likeness (QED) is 0.795. The summed E-state index contributed by atoms with van der Waals surface area (Å²) >= 11 is 0. The Labute approximate surface area is 116 Å². The number of carbonyl (C=O) groups is 1. The number of rotatable bonds is 3. The van der Waals surface area contributed by atoms with Crippen LogP contribution in [0.2, 0.25) is 0 Å². The van der Waals surface area contributed by atoms with E-state index in [2.05, 4.69) is 4.98 Å². The van der Waals surface area contributed by atoms with E-state index in [9.17, 15) is 18.0 Å². The van der Waals surface area contributed by atoms with Gasteiger partial charge in [0.05, 0.1) is 13.0 Å². The molecule has 1 aromatic heterocycles. The average molecular weight is 289 g/mol. The maximum Gasteiger partial charge on any atom is 0.433 e. The third-order valence-corrected chi connectivity index (χ3v) is 2.78. The summed E-state index contributed by atoms with van der Waals surface area (Å²) in [5, 5.41) is 0. The predicted molar refractivity (Wildman–Crippen MR) is 68.1 cm³/mol. The van der Waals surface area contributed by atoms with E-state index in [0.717, 1.165) is 12.3 Å². The first kappa shape index (κ1) is 16.5. The van der Waals surface area contributed by atoms with Crippen LogP contribution in [0.4, 0.5) is 13.2 Å². The second-order valence-corrected chi connectivity index (χ2v) is 5.81. The fourth-order valence-electron chi connectivity index (χ4n) is 1.91. The lowest BCUT2D eigenvalue weighted by atomic mass is 9.81. The van der Waals surface area contributed by atoms with Crippen LogP contribution in [0, 0.1) is 5.41 Å². The van der Waals surface area contributed by atoms with E-state index >= 15 is 0 Å². The molecule has 0 spiro atoms. The highest BCUT2D eigenvalue weighted by Gasteiger charge is 2.34. The first-order chi connectivity index (χ1) is 9.04. The standard InChI is InChI=1S/C14H18F3NO2/c1-13(2,3)8-10(12(19)20-4)9-5-6-18-11(7-9)14(15,16)17/h5-7,10H,8H2,1-4H3/t10-/m1/s1. The summed E-state index contributed by atoms with van der Waals surface area (Å²) in [5.41, 5.74) is -0.951. The van der Waals surface area contributed by atoms with Crippen molar-refractivity contribution in [3.8, 4) is 0 Å². The van der Waals surface area contributed by atoms with Gasteiger partial charge in [0.1, 0.15) is 5.69 Å². The Hall–Kier alpha value is -1.59. The van der Waals surface area contributed by atoms with Gasteiger partial charge in [-0.2, -0.15) is 13.2 Å². The second kappa shape index (κ2) is 5.81. The monoisotopic (exact) mass is 289 g/mol. The lowest BCUT2D eigenvalue weighted by Gasteiger charge is -2.24. The third-order valence-electron chi connectivity index (χ3n) is 2.78. The first-order valence-corrected chi connectivity index (χ1v) is 6.15. The molecule has 6 heteroatoms. The van der Waals surface area contributed by atoms with Crippen molar-refractivity contribution in [1.82, 2.24) is 4.98 Å². The van der Waals surface area contributed by atoms with Crippen LogP contribution in [0.1, 0.15) is 44.4 Å². The number of methoxy groups -OCH3 is 1. The molecule has 0 fully saturated rings. The van der Waals surface area contributed by atoms with Gasteiger partial charge in [-0.1, -0.05) is 20.8 Å². The van der Waals surface area contributed by atoms with Gasteiger partial charge in [-0.3, -0.25) is 9.78 Å². The summed E-state index contributed by atoms with van der Waals surface area (Å²) in [4.78, 5) is 15.1. The van der Waals surface area contributed by atoms with E-state index in [1.807, 2.05) is 20.8 Å². The lowest BCUT2D eigenvalue weighted by molar-refractivity contribution is -0.144. The number of nitrogens with zero attached hydrogens (tertiary/aromatic N) is 1. The molecule has 3 nitrogen and oxygen atoms in total. The van der Waals surface area contributed by atoms with E-state index in [-0.39, 0.29) is 11.0 Å². The van der Waals surface area contributed by atoms with Crippen molar-refractivity contribution in [2.75, 3.05) is 7.11 Å². The highest BCUT2D eigenvalue weighted by atomic mass is 19.4. The molecular weight excluding hydrogens is 271 g/mol. The number of halogens is 3. The van der Waals surface area contributed by atoms with Crippen molar-refractivity contribution in [3.63, 3.8) is 0 Å². The van der Waals surface area contributed by atoms with Crippen LogP contribution in [0.15, 0.2) is 18.3 Å². The number of ether oxygens (including phenoxy) is 1. The summed E-state index contributed by atoms with van der Waals surface area (Å²) in [6.07, 6.45) is -3.07. The fraction of sp³-hybridized carbons (Fsp3) is 0.571. The van der Waals surface area contributed by atoms with Gasteiger partial charge in [0.15, 0.2) is 0 Å². The van der Waals surface area contributed by atoms with Crippen LogP contribution in [-0.4, -0.2) is 18.1 Å². The van der Waals surface area contributed by atoms with Gasteiger partial charge in [-0.05, 0) is 29.5 Å². The van der Waals surface area contributed by atoms with Gasteiger partial charge in [-0.25, -0.2) is 0 Å². The van der Waals surface area contributed by atoms with Gasteiger partial charge in [0, 0.05) is 6.20 Å². The normalized spacial score (nSPS) is 13.9. The molecule has 0 N–H and O–H groups in total. The Morgan fingerprint density at radius 3 is 2.40 bits per heavy atom. The third kappa shape index (κ3) is 4.51. The van der Waals surface area contributed by atoms with Crippen molar-refractivity contribution in [2.45, 2.75) is 39.3 Å². The van der Waals surface area contributed by atoms with Crippen molar-refractivity contribution in [2.24, 2.45) is 5.41 Å². The number of hydrogen-bond acceptors (Lipinski definition) is 3. The summed E-state index contributed by atoms with van der Waals surface area (Å²) in [6.45, 7) is 5.73. The smallest absolute Gasteiger partial charge is 0.433 e. The molecule has 0 aliphatic rings. The highest BCUT2D eigenvalue weighted by molar-refractivity contribution is 5.78. The Kier molecular flexibility index (Phi) is 4.78. The Bertz CT molecular complexity index is 478. The minimum Gasteiger partial charge on any atom is -0.469 e. The van der Waals surface area contributed by atoms with Gasteiger partial charge in [-0.15, -0.1) is 0 Å². The number of alkyl halides is 3. The lowest BCUT2D eigenvalue weighted by Crippen LogP contribution is -2.21. The number of esters is 1. The zero-order valence-corrected chi connectivity index (χ0v) is 11.9. The van der Waals surface area contributed by atoms with Gasteiger partial charge >= 0.3 is 12.1 Å².